The smallest absolute Gasteiger partial charge is 0.330 e. The molecule has 1 aromatic heterocycles. The predicted octanol–water partition coefficient (Wildman–Crippen LogP) is 1.52. The lowest BCUT2D eigenvalue weighted by Gasteiger charge is -2.18. The van der Waals surface area contributed by atoms with E-state index in [1.807, 2.05) is 13.8 Å². The van der Waals surface area contributed by atoms with Crippen LogP contribution in [0.15, 0.2) is 9.59 Å². The third kappa shape index (κ3) is 3.43. The number of hydrogen-bond donors (Lipinski definition) is 3. The maximum atomic E-state index is 11.9. The lowest BCUT2D eigenvalue weighted by molar-refractivity contribution is 0.601. The van der Waals surface area contributed by atoms with Crippen molar-refractivity contribution < 1.29 is 0 Å². The molecule has 0 radical (unpaired) electrons. The van der Waals surface area contributed by atoms with Gasteiger partial charge in [0, 0.05) is 12.6 Å². The molecule has 1 aliphatic rings. The zero-order valence-electron chi connectivity index (χ0n) is 12.2. The number of nitrogens with two attached hydrogens (primary N) is 1. The van der Waals surface area contributed by atoms with Gasteiger partial charge in [-0.15, -0.1) is 0 Å². The van der Waals surface area contributed by atoms with Crippen LogP contribution in [0, 0.1) is 5.92 Å². The van der Waals surface area contributed by atoms with Gasteiger partial charge in [0.25, 0.3) is 5.56 Å². The van der Waals surface area contributed by atoms with Gasteiger partial charge in [-0.05, 0) is 25.7 Å². The minimum Gasteiger partial charge on any atom is -0.383 e. The molecular weight excluding hydrogens is 256 g/mol. The highest BCUT2D eigenvalue weighted by Crippen LogP contribution is 2.34. The van der Waals surface area contributed by atoms with Gasteiger partial charge < -0.3 is 11.1 Å². The minimum atomic E-state index is -0.429. The monoisotopic (exact) mass is 280 g/mol. The van der Waals surface area contributed by atoms with Crippen molar-refractivity contribution in [1.29, 1.82) is 0 Å². The summed E-state index contributed by atoms with van der Waals surface area (Å²) in [6.07, 6.45) is 5.40. The fraction of sp³-hybridized carbons (Fsp3) is 0.714. The molecule has 2 rings (SSSR count). The van der Waals surface area contributed by atoms with Crippen molar-refractivity contribution in [2.75, 3.05) is 11.1 Å². The second-order valence-corrected chi connectivity index (χ2v) is 5.75. The first-order valence-corrected chi connectivity index (χ1v) is 7.42. The molecule has 1 saturated carbocycles. The SMILES string of the molecule is CCCCn1c(N)c(NC(C)CC2CC2)c(=O)[nH]c1=O. The van der Waals surface area contributed by atoms with Crippen LogP contribution < -0.4 is 22.3 Å². The molecule has 4 N–H and O–H groups in total. The summed E-state index contributed by atoms with van der Waals surface area (Å²) in [4.78, 5) is 26.0. The van der Waals surface area contributed by atoms with E-state index in [2.05, 4.69) is 10.3 Å². The number of aromatic amines is 1. The minimum absolute atomic E-state index is 0.183. The third-order valence-corrected chi connectivity index (χ3v) is 3.75. The Bertz CT molecular complexity index is 572. The van der Waals surface area contributed by atoms with Gasteiger partial charge in [-0.1, -0.05) is 26.2 Å². The van der Waals surface area contributed by atoms with Crippen LogP contribution in [0.5, 0.6) is 0 Å². The van der Waals surface area contributed by atoms with Gasteiger partial charge in [0.05, 0.1) is 0 Å². The first kappa shape index (κ1) is 14.7. The number of nitrogen functional groups attached to an aromatic ring is 1. The standard InChI is InChI=1S/C14H24N4O2/c1-3-4-7-18-12(15)11(13(19)17-14(18)20)16-9(2)8-10-5-6-10/h9-10,16H,3-8,15H2,1-2H3,(H,17,19,20). The molecule has 1 atom stereocenters. The lowest BCUT2D eigenvalue weighted by atomic mass is 10.1. The van der Waals surface area contributed by atoms with Gasteiger partial charge in [0.15, 0.2) is 0 Å². The number of hydrogen-bond acceptors (Lipinski definition) is 4. The lowest BCUT2D eigenvalue weighted by Crippen LogP contribution is -2.35. The zero-order valence-corrected chi connectivity index (χ0v) is 12.2. The molecule has 1 aliphatic carbocycles. The van der Waals surface area contributed by atoms with Gasteiger partial charge >= 0.3 is 5.69 Å². The Morgan fingerprint density at radius 1 is 1.45 bits per heavy atom. The molecule has 1 fully saturated rings. The third-order valence-electron chi connectivity index (χ3n) is 3.75. The van der Waals surface area contributed by atoms with Gasteiger partial charge in [0.1, 0.15) is 11.5 Å². The summed E-state index contributed by atoms with van der Waals surface area (Å²) in [5.74, 6) is 1.01. The van der Waals surface area contributed by atoms with Gasteiger partial charge in [-0.3, -0.25) is 14.3 Å². The van der Waals surface area contributed by atoms with Crippen molar-refractivity contribution in [1.82, 2.24) is 9.55 Å². The van der Waals surface area contributed by atoms with E-state index < -0.39 is 11.2 Å². The number of nitrogens with one attached hydrogen (secondary N) is 2. The summed E-state index contributed by atoms with van der Waals surface area (Å²) in [5.41, 5.74) is 5.47. The van der Waals surface area contributed by atoms with Crippen LogP contribution in [-0.2, 0) is 6.54 Å². The molecule has 112 valence electrons. The topological polar surface area (TPSA) is 92.9 Å². The van der Waals surface area contributed by atoms with Crippen LogP contribution in [0.4, 0.5) is 11.5 Å². The van der Waals surface area contributed by atoms with Crippen molar-refractivity contribution in [3.63, 3.8) is 0 Å². The maximum absolute atomic E-state index is 11.9. The predicted molar refractivity (Wildman–Crippen MR) is 81.1 cm³/mol. The van der Waals surface area contributed by atoms with Gasteiger partial charge in [-0.2, -0.15) is 0 Å². The van der Waals surface area contributed by atoms with Crippen LogP contribution in [0.1, 0.15) is 46.0 Å². The van der Waals surface area contributed by atoms with Crippen LogP contribution in [0.2, 0.25) is 0 Å². The zero-order chi connectivity index (χ0) is 14.7. The Morgan fingerprint density at radius 3 is 2.75 bits per heavy atom. The number of anilines is 2. The molecule has 6 nitrogen and oxygen atoms in total. The Labute approximate surface area is 118 Å². The van der Waals surface area contributed by atoms with Crippen LogP contribution in [0.25, 0.3) is 0 Å². The molecule has 1 unspecified atom stereocenters. The average molecular weight is 280 g/mol. The quantitative estimate of drug-likeness (QED) is 0.706. The summed E-state index contributed by atoms with van der Waals surface area (Å²) >= 11 is 0. The van der Waals surface area contributed by atoms with Crippen LogP contribution in [0.3, 0.4) is 0 Å². The Morgan fingerprint density at radius 2 is 2.15 bits per heavy atom. The average Bonchev–Trinajstić information content (AvgIpc) is 3.18. The number of unbranched alkanes of at least 4 members (excludes halogenated alkanes) is 1. The first-order chi connectivity index (χ1) is 9.52. The number of rotatable bonds is 7. The second kappa shape index (κ2) is 6.15. The van der Waals surface area contributed by atoms with Gasteiger partial charge in [-0.25, -0.2) is 4.79 Å². The highest BCUT2D eigenvalue weighted by molar-refractivity contribution is 5.60. The molecule has 0 spiro atoms. The van der Waals surface area contributed by atoms with E-state index in [1.165, 1.54) is 17.4 Å². The van der Waals surface area contributed by atoms with E-state index in [9.17, 15) is 9.59 Å². The van der Waals surface area contributed by atoms with Crippen molar-refractivity contribution in [2.24, 2.45) is 5.92 Å². The molecule has 1 heterocycles. The normalized spacial score (nSPS) is 16.1. The Kier molecular flexibility index (Phi) is 4.52. The van der Waals surface area contributed by atoms with E-state index in [4.69, 9.17) is 5.73 Å². The first-order valence-electron chi connectivity index (χ1n) is 7.42. The van der Waals surface area contributed by atoms with E-state index in [-0.39, 0.29) is 11.9 Å². The molecule has 1 aromatic rings. The fourth-order valence-corrected chi connectivity index (χ4v) is 2.42. The fourth-order valence-electron chi connectivity index (χ4n) is 2.42. The molecule has 0 saturated heterocycles. The maximum Gasteiger partial charge on any atom is 0.330 e. The van der Waals surface area contributed by atoms with Crippen molar-refractivity contribution >= 4 is 11.5 Å². The number of aromatic nitrogens is 2. The number of H-pyrrole nitrogens is 1. The molecular formula is C14H24N4O2. The van der Waals surface area contributed by atoms with Crippen LogP contribution >= 0.6 is 0 Å². The van der Waals surface area contributed by atoms with E-state index in [0.717, 1.165) is 25.2 Å². The summed E-state index contributed by atoms with van der Waals surface area (Å²) < 4.78 is 1.44. The molecule has 0 bridgehead atoms. The van der Waals surface area contributed by atoms with Crippen molar-refractivity contribution in [3.05, 3.63) is 20.8 Å². The molecule has 6 heteroatoms. The Hall–Kier alpha value is -1.72. The summed E-state index contributed by atoms with van der Waals surface area (Å²) in [5, 5.41) is 3.17. The largest absolute Gasteiger partial charge is 0.383 e. The van der Waals surface area contributed by atoms with E-state index >= 15 is 0 Å². The highest BCUT2D eigenvalue weighted by atomic mass is 16.2. The molecule has 0 aliphatic heterocycles. The summed E-state index contributed by atoms with van der Waals surface area (Å²) in [6.45, 7) is 4.62. The van der Waals surface area contributed by atoms with Gasteiger partial charge in [0.2, 0.25) is 0 Å². The molecule has 0 amide bonds. The van der Waals surface area contributed by atoms with E-state index in [1.54, 1.807) is 0 Å². The molecule has 0 aromatic carbocycles. The Balaban J connectivity index is 2.21. The number of nitrogens with zero attached hydrogens (tertiary/aromatic N) is 1. The van der Waals surface area contributed by atoms with E-state index in [0.29, 0.717) is 12.2 Å². The van der Waals surface area contributed by atoms with Crippen molar-refractivity contribution in [3.8, 4) is 0 Å². The van der Waals surface area contributed by atoms with Crippen LogP contribution in [-0.4, -0.2) is 15.6 Å². The second-order valence-electron chi connectivity index (χ2n) is 5.75. The summed E-state index contributed by atoms with van der Waals surface area (Å²) in [7, 11) is 0. The summed E-state index contributed by atoms with van der Waals surface area (Å²) in [6, 6.07) is 0.183. The molecule has 20 heavy (non-hydrogen) atoms. The highest BCUT2D eigenvalue weighted by Gasteiger charge is 2.24. The van der Waals surface area contributed by atoms with Crippen molar-refractivity contribution in [2.45, 2.75) is 58.5 Å².